The van der Waals surface area contributed by atoms with Crippen LogP contribution in [0.3, 0.4) is 0 Å². The molecule has 1 aliphatic heterocycles. The minimum Gasteiger partial charge on any atom is -0.354 e. The lowest BCUT2D eigenvalue weighted by atomic mass is 9.47. The molecule has 2 amide bonds. The van der Waals surface area contributed by atoms with E-state index in [1.807, 2.05) is 25.2 Å². The van der Waals surface area contributed by atoms with Crippen LogP contribution < -0.4 is 5.32 Å². The second-order valence-corrected chi connectivity index (χ2v) is 12.1. The van der Waals surface area contributed by atoms with Gasteiger partial charge in [0.05, 0.1) is 6.61 Å². The molecule has 3 saturated carbocycles. The Labute approximate surface area is 205 Å². The standard InChI is InChI=1S/C29H42N2O3/c1-19(32)30-27(34-18-20-8-6-5-7-9-20)24-12-11-22-21-10-13-25-29(3,17-15-26(33)31(25)4)23(21)14-16-28(22,24)2/h5-9,21-25,27H,10-18H2,1-4H3,(H,30,32)/t21-,22-,23-,24+,25+,27?,28-,29+/m0/s1. The topological polar surface area (TPSA) is 58.6 Å². The molecule has 3 aliphatic carbocycles. The largest absolute Gasteiger partial charge is 0.354 e. The van der Waals surface area contributed by atoms with E-state index in [0.29, 0.717) is 42.7 Å². The maximum Gasteiger partial charge on any atom is 0.222 e. The maximum atomic E-state index is 12.4. The Kier molecular flexibility index (Phi) is 6.29. The van der Waals surface area contributed by atoms with Crippen molar-refractivity contribution in [2.75, 3.05) is 7.05 Å². The number of likely N-dealkylation sites (tertiary alicyclic amines) is 1. The van der Waals surface area contributed by atoms with E-state index in [-0.39, 0.29) is 23.0 Å². The van der Waals surface area contributed by atoms with Crippen molar-refractivity contribution in [2.45, 2.75) is 91.0 Å². The van der Waals surface area contributed by atoms with Gasteiger partial charge in [-0.15, -0.1) is 0 Å². The highest BCUT2D eigenvalue weighted by Crippen LogP contribution is 2.66. The van der Waals surface area contributed by atoms with E-state index >= 15 is 0 Å². The molecule has 0 aromatic heterocycles. The Bertz CT molecular complexity index is 919. The van der Waals surface area contributed by atoms with Crippen molar-refractivity contribution in [3.63, 3.8) is 0 Å². The number of fused-ring (bicyclic) bond motifs is 5. The highest BCUT2D eigenvalue weighted by atomic mass is 16.5. The molecule has 1 aromatic carbocycles. The SMILES string of the molecule is CC(=O)NC(OCc1ccccc1)[C@H]1CC[C@H]2[C@@H]3CC[C@H]4N(C)C(=O)CC[C@]4(C)[C@H]3CC[C@]12C. The average molecular weight is 467 g/mol. The highest BCUT2D eigenvalue weighted by Gasteiger charge is 2.62. The Morgan fingerprint density at radius 2 is 1.79 bits per heavy atom. The summed E-state index contributed by atoms with van der Waals surface area (Å²) in [6.07, 6.45) is 8.63. The van der Waals surface area contributed by atoms with Gasteiger partial charge in [-0.2, -0.15) is 0 Å². The second-order valence-electron chi connectivity index (χ2n) is 12.1. The molecule has 1 N–H and O–H groups in total. The number of hydrogen-bond acceptors (Lipinski definition) is 3. The van der Waals surface area contributed by atoms with E-state index in [1.165, 1.54) is 25.7 Å². The van der Waals surface area contributed by atoms with E-state index in [9.17, 15) is 9.59 Å². The van der Waals surface area contributed by atoms with Crippen molar-refractivity contribution in [1.82, 2.24) is 10.2 Å². The normalized spacial score (nSPS) is 40.2. The van der Waals surface area contributed by atoms with Crippen LogP contribution in [-0.4, -0.2) is 36.0 Å². The van der Waals surface area contributed by atoms with Gasteiger partial charge in [-0.3, -0.25) is 9.59 Å². The summed E-state index contributed by atoms with van der Waals surface area (Å²) in [5.74, 6) is 2.75. The number of benzene rings is 1. The van der Waals surface area contributed by atoms with Crippen LogP contribution in [0.4, 0.5) is 0 Å². The summed E-state index contributed by atoms with van der Waals surface area (Å²) >= 11 is 0. The number of hydrogen-bond donors (Lipinski definition) is 1. The van der Waals surface area contributed by atoms with Crippen molar-refractivity contribution in [3.05, 3.63) is 35.9 Å². The summed E-state index contributed by atoms with van der Waals surface area (Å²) in [6.45, 7) is 7.09. The molecule has 1 unspecified atom stereocenters. The quantitative estimate of drug-likeness (QED) is 0.611. The molecule has 1 heterocycles. The predicted molar refractivity (Wildman–Crippen MR) is 133 cm³/mol. The maximum absolute atomic E-state index is 12.4. The number of carbonyl (C=O) groups is 2. The van der Waals surface area contributed by atoms with Crippen molar-refractivity contribution in [1.29, 1.82) is 0 Å². The van der Waals surface area contributed by atoms with E-state index in [0.717, 1.165) is 30.7 Å². The van der Waals surface area contributed by atoms with Gasteiger partial charge in [0.1, 0.15) is 6.23 Å². The number of nitrogens with one attached hydrogen (secondary N) is 1. The van der Waals surface area contributed by atoms with Crippen LogP contribution in [0.5, 0.6) is 0 Å². The first-order chi connectivity index (χ1) is 16.2. The Hall–Kier alpha value is -1.88. The minimum absolute atomic E-state index is 0.0123. The molecular weight excluding hydrogens is 424 g/mol. The fourth-order valence-corrected chi connectivity index (χ4v) is 8.91. The zero-order valence-electron chi connectivity index (χ0n) is 21.4. The van der Waals surface area contributed by atoms with E-state index in [4.69, 9.17) is 4.74 Å². The lowest BCUT2D eigenvalue weighted by Gasteiger charge is -2.62. The molecule has 186 valence electrons. The van der Waals surface area contributed by atoms with Crippen molar-refractivity contribution >= 4 is 11.8 Å². The molecule has 0 radical (unpaired) electrons. The van der Waals surface area contributed by atoms with Crippen LogP contribution in [0.25, 0.3) is 0 Å². The third-order valence-corrected chi connectivity index (χ3v) is 10.6. The first-order valence-electron chi connectivity index (χ1n) is 13.4. The smallest absolute Gasteiger partial charge is 0.222 e. The van der Waals surface area contributed by atoms with Crippen LogP contribution in [0.1, 0.15) is 77.7 Å². The molecule has 1 aromatic rings. The van der Waals surface area contributed by atoms with Gasteiger partial charge in [-0.25, -0.2) is 0 Å². The first kappa shape index (κ1) is 23.8. The molecular formula is C29H42N2O3. The third-order valence-electron chi connectivity index (χ3n) is 10.6. The van der Waals surface area contributed by atoms with Crippen LogP contribution in [0.2, 0.25) is 0 Å². The lowest BCUT2D eigenvalue weighted by molar-refractivity contribution is -0.162. The number of carbonyl (C=O) groups excluding carboxylic acids is 2. The van der Waals surface area contributed by atoms with Crippen LogP contribution >= 0.6 is 0 Å². The van der Waals surface area contributed by atoms with Gasteiger partial charge in [0, 0.05) is 32.4 Å². The third kappa shape index (κ3) is 3.88. The number of ether oxygens (including phenoxy) is 1. The van der Waals surface area contributed by atoms with Crippen molar-refractivity contribution in [3.8, 4) is 0 Å². The number of nitrogens with zero attached hydrogens (tertiary/aromatic N) is 1. The first-order valence-corrected chi connectivity index (χ1v) is 13.4. The molecule has 34 heavy (non-hydrogen) atoms. The molecule has 0 bridgehead atoms. The van der Waals surface area contributed by atoms with Crippen molar-refractivity contribution in [2.24, 2.45) is 34.5 Å². The fourth-order valence-electron chi connectivity index (χ4n) is 8.91. The monoisotopic (exact) mass is 466 g/mol. The van der Waals surface area contributed by atoms with Gasteiger partial charge in [0.15, 0.2) is 0 Å². The van der Waals surface area contributed by atoms with E-state index < -0.39 is 0 Å². The minimum atomic E-state index is -0.241. The van der Waals surface area contributed by atoms with Crippen LogP contribution in [-0.2, 0) is 20.9 Å². The molecule has 5 nitrogen and oxygen atoms in total. The summed E-state index contributed by atoms with van der Waals surface area (Å²) in [5.41, 5.74) is 1.57. The zero-order valence-corrected chi connectivity index (χ0v) is 21.4. The lowest BCUT2D eigenvalue weighted by Crippen LogP contribution is -2.61. The summed E-state index contributed by atoms with van der Waals surface area (Å²) in [4.78, 5) is 26.7. The Balaban J connectivity index is 1.35. The van der Waals surface area contributed by atoms with E-state index in [1.54, 1.807) is 6.92 Å². The van der Waals surface area contributed by atoms with Gasteiger partial charge in [0.25, 0.3) is 0 Å². The van der Waals surface area contributed by atoms with E-state index in [2.05, 4.69) is 36.2 Å². The van der Waals surface area contributed by atoms with Gasteiger partial charge >= 0.3 is 0 Å². The molecule has 4 aliphatic rings. The summed E-state index contributed by atoms with van der Waals surface area (Å²) in [7, 11) is 2.03. The second kappa shape index (κ2) is 8.96. The van der Waals surface area contributed by atoms with Crippen molar-refractivity contribution < 1.29 is 14.3 Å². The van der Waals surface area contributed by atoms with Gasteiger partial charge in [-0.05, 0) is 79.1 Å². The van der Waals surface area contributed by atoms with Crippen LogP contribution in [0, 0.1) is 34.5 Å². The molecule has 0 spiro atoms. The summed E-state index contributed by atoms with van der Waals surface area (Å²) in [6, 6.07) is 10.7. The molecule has 8 atom stereocenters. The average Bonchev–Trinajstić information content (AvgIpc) is 3.17. The van der Waals surface area contributed by atoms with Gasteiger partial charge < -0.3 is 15.0 Å². The fraction of sp³-hybridized carbons (Fsp3) is 0.724. The molecule has 4 fully saturated rings. The predicted octanol–water partition coefficient (Wildman–Crippen LogP) is 5.15. The summed E-state index contributed by atoms with van der Waals surface area (Å²) in [5, 5.41) is 3.18. The van der Waals surface area contributed by atoms with Gasteiger partial charge in [0.2, 0.25) is 11.8 Å². The molecule has 1 saturated heterocycles. The van der Waals surface area contributed by atoms with Gasteiger partial charge in [-0.1, -0.05) is 44.2 Å². The number of amides is 2. The Morgan fingerprint density at radius 3 is 2.53 bits per heavy atom. The molecule has 5 rings (SSSR count). The highest BCUT2D eigenvalue weighted by molar-refractivity contribution is 5.77. The molecule has 5 heteroatoms. The zero-order chi connectivity index (χ0) is 24.1. The number of piperidine rings is 1. The van der Waals surface area contributed by atoms with Crippen LogP contribution in [0.15, 0.2) is 30.3 Å². The number of rotatable bonds is 5. The summed E-state index contributed by atoms with van der Waals surface area (Å²) < 4.78 is 6.43. The Morgan fingerprint density at radius 1 is 1.06 bits per heavy atom.